The highest BCUT2D eigenvalue weighted by molar-refractivity contribution is 5.15. The first-order chi connectivity index (χ1) is 17.3. The second kappa shape index (κ2) is 20.6. The molecule has 1 heterocycles. The van der Waals surface area contributed by atoms with E-state index in [4.69, 9.17) is 4.98 Å². The lowest BCUT2D eigenvalue weighted by molar-refractivity contribution is 0.528. The fraction of sp³-hybridized carbons (Fsp3) is 0.727. The van der Waals surface area contributed by atoms with E-state index < -0.39 is 0 Å². The summed E-state index contributed by atoms with van der Waals surface area (Å²) in [4.78, 5) is 5.06. The molecule has 0 aliphatic rings. The van der Waals surface area contributed by atoms with E-state index in [2.05, 4.69) is 54.9 Å². The quantitative estimate of drug-likeness (QED) is 0.145. The van der Waals surface area contributed by atoms with Gasteiger partial charge in [-0.25, -0.2) is 4.98 Å². The van der Waals surface area contributed by atoms with Gasteiger partial charge in [-0.1, -0.05) is 140 Å². The number of imidazole rings is 1. The molecule has 0 fully saturated rings. The van der Waals surface area contributed by atoms with E-state index in [1.165, 1.54) is 133 Å². The molecule has 0 aliphatic carbocycles. The van der Waals surface area contributed by atoms with Gasteiger partial charge in [0.05, 0.1) is 5.69 Å². The van der Waals surface area contributed by atoms with Crippen LogP contribution in [0.5, 0.6) is 0 Å². The maximum absolute atomic E-state index is 5.06. The summed E-state index contributed by atoms with van der Waals surface area (Å²) >= 11 is 0. The first kappa shape index (κ1) is 29.7. The first-order valence-electron chi connectivity index (χ1n) is 15.4. The zero-order valence-corrected chi connectivity index (χ0v) is 23.4. The molecular formula is C33H56N2. The highest BCUT2D eigenvalue weighted by Crippen LogP contribution is 2.16. The molecule has 0 spiro atoms. The van der Waals surface area contributed by atoms with Crippen molar-refractivity contribution in [1.29, 1.82) is 0 Å². The lowest BCUT2D eigenvalue weighted by Crippen LogP contribution is -2.03. The smallest absolute Gasteiger partial charge is 0.108 e. The van der Waals surface area contributed by atoms with Gasteiger partial charge < -0.3 is 4.57 Å². The van der Waals surface area contributed by atoms with Crippen molar-refractivity contribution in [2.45, 2.75) is 155 Å². The van der Waals surface area contributed by atoms with Crippen LogP contribution in [-0.4, -0.2) is 9.55 Å². The molecule has 35 heavy (non-hydrogen) atoms. The first-order valence-corrected chi connectivity index (χ1v) is 15.4. The number of hydrogen-bond donors (Lipinski definition) is 0. The van der Waals surface area contributed by atoms with Crippen LogP contribution in [-0.2, 0) is 25.8 Å². The van der Waals surface area contributed by atoms with Crippen LogP contribution >= 0.6 is 0 Å². The van der Waals surface area contributed by atoms with Gasteiger partial charge in [0.25, 0.3) is 0 Å². The van der Waals surface area contributed by atoms with Crippen LogP contribution in [0.15, 0.2) is 36.5 Å². The molecule has 2 rings (SSSR count). The molecule has 0 radical (unpaired) electrons. The predicted octanol–water partition coefficient (Wildman–Crippen LogP) is 10.3. The second-order valence-electron chi connectivity index (χ2n) is 10.7. The topological polar surface area (TPSA) is 17.8 Å². The van der Waals surface area contributed by atoms with Crippen molar-refractivity contribution in [2.75, 3.05) is 0 Å². The van der Waals surface area contributed by atoms with Crippen molar-refractivity contribution in [2.24, 2.45) is 0 Å². The molecule has 0 saturated carbocycles. The molecule has 2 aromatic rings. The van der Waals surface area contributed by atoms with Crippen molar-refractivity contribution in [3.05, 3.63) is 53.6 Å². The van der Waals surface area contributed by atoms with Crippen LogP contribution in [0, 0.1) is 0 Å². The van der Waals surface area contributed by atoms with Gasteiger partial charge in [0.1, 0.15) is 5.82 Å². The fourth-order valence-corrected chi connectivity index (χ4v) is 5.13. The van der Waals surface area contributed by atoms with E-state index >= 15 is 0 Å². The van der Waals surface area contributed by atoms with Crippen LogP contribution in [0.2, 0.25) is 0 Å². The van der Waals surface area contributed by atoms with Gasteiger partial charge in [0, 0.05) is 19.2 Å². The average molecular weight is 481 g/mol. The number of hydrogen-bond acceptors (Lipinski definition) is 1. The number of nitrogens with zero attached hydrogens (tertiary/aromatic N) is 2. The molecule has 0 saturated heterocycles. The molecule has 2 nitrogen and oxygen atoms in total. The average Bonchev–Trinajstić information content (AvgIpc) is 3.27. The van der Waals surface area contributed by atoms with Crippen molar-refractivity contribution in [3.63, 3.8) is 0 Å². The van der Waals surface area contributed by atoms with E-state index in [0.717, 1.165) is 25.8 Å². The van der Waals surface area contributed by atoms with Gasteiger partial charge in [-0.05, 0) is 37.7 Å². The molecule has 0 bridgehead atoms. The summed E-state index contributed by atoms with van der Waals surface area (Å²) in [6.07, 6.45) is 30.8. The largest absolute Gasteiger partial charge is 0.335 e. The zero-order chi connectivity index (χ0) is 24.8. The Morgan fingerprint density at radius 3 is 1.66 bits per heavy atom. The van der Waals surface area contributed by atoms with E-state index in [9.17, 15) is 0 Å². The Balaban J connectivity index is 1.52. The third-order valence-electron chi connectivity index (χ3n) is 7.41. The van der Waals surface area contributed by atoms with Crippen molar-refractivity contribution in [3.8, 4) is 0 Å². The third kappa shape index (κ3) is 14.6. The monoisotopic (exact) mass is 480 g/mol. The van der Waals surface area contributed by atoms with Crippen molar-refractivity contribution < 1.29 is 0 Å². The van der Waals surface area contributed by atoms with Gasteiger partial charge in [-0.15, -0.1) is 0 Å². The Bertz CT molecular complexity index is 718. The SMILES string of the molecule is CCCCCCCCCCCCCCCCCc1nc(CCCc2ccccc2)cn1CCCC. The summed E-state index contributed by atoms with van der Waals surface area (Å²) in [7, 11) is 0. The van der Waals surface area contributed by atoms with Crippen LogP contribution in [0.3, 0.4) is 0 Å². The molecule has 198 valence electrons. The van der Waals surface area contributed by atoms with Gasteiger partial charge in [-0.2, -0.15) is 0 Å². The van der Waals surface area contributed by atoms with Crippen LogP contribution in [0.1, 0.15) is 147 Å². The normalized spacial score (nSPS) is 11.4. The maximum atomic E-state index is 5.06. The third-order valence-corrected chi connectivity index (χ3v) is 7.41. The Hall–Kier alpha value is -1.57. The van der Waals surface area contributed by atoms with Gasteiger partial charge in [-0.3, -0.25) is 0 Å². The summed E-state index contributed by atoms with van der Waals surface area (Å²) in [6.45, 7) is 5.72. The molecule has 1 aromatic carbocycles. The maximum Gasteiger partial charge on any atom is 0.108 e. The van der Waals surface area contributed by atoms with Crippen LogP contribution < -0.4 is 0 Å². The number of unbranched alkanes of at least 4 members (excludes halogenated alkanes) is 15. The molecule has 0 amide bonds. The highest BCUT2D eigenvalue weighted by Gasteiger charge is 2.08. The van der Waals surface area contributed by atoms with Gasteiger partial charge in [0.15, 0.2) is 0 Å². The zero-order valence-electron chi connectivity index (χ0n) is 23.4. The Morgan fingerprint density at radius 1 is 0.543 bits per heavy atom. The molecule has 1 aromatic heterocycles. The van der Waals surface area contributed by atoms with E-state index in [1.54, 1.807) is 0 Å². The minimum atomic E-state index is 1.10. The van der Waals surface area contributed by atoms with Crippen LogP contribution in [0.25, 0.3) is 0 Å². The van der Waals surface area contributed by atoms with Crippen molar-refractivity contribution >= 4 is 0 Å². The molecule has 0 N–H and O–H groups in total. The van der Waals surface area contributed by atoms with E-state index in [0.29, 0.717) is 0 Å². The molecule has 2 heteroatoms. The van der Waals surface area contributed by atoms with E-state index in [-0.39, 0.29) is 0 Å². The Morgan fingerprint density at radius 2 is 1.09 bits per heavy atom. The summed E-state index contributed by atoms with van der Waals surface area (Å²) in [5, 5.41) is 0. The minimum absolute atomic E-state index is 1.10. The second-order valence-corrected chi connectivity index (χ2v) is 10.7. The summed E-state index contributed by atoms with van der Waals surface area (Å²) in [6, 6.07) is 10.9. The number of aryl methyl sites for hydroxylation is 4. The molecule has 0 aliphatic heterocycles. The predicted molar refractivity (Wildman–Crippen MR) is 154 cm³/mol. The number of benzene rings is 1. The Kier molecular flexibility index (Phi) is 17.5. The van der Waals surface area contributed by atoms with Gasteiger partial charge >= 0.3 is 0 Å². The van der Waals surface area contributed by atoms with E-state index in [1.807, 2.05) is 0 Å². The van der Waals surface area contributed by atoms with Crippen LogP contribution in [0.4, 0.5) is 0 Å². The molecule has 0 atom stereocenters. The molecule has 0 unspecified atom stereocenters. The Labute approximate surface area is 218 Å². The lowest BCUT2D eigenvalue weighted by atomic mass is 10.0. The fourth-order valence-electron chi connectivity index (χ4n) is 5.13. The highest BCUT2D eigenvalue weighted by atomic mass is 15.1. The molecular weight excluding hydrogens is 424 g/mol. The van der Waals surface area contributed by atoms with Gasteiger partial charge in [0.2, 0.25) is 0 Å². The minimum Gasteiger partial charge on any atom is -0.335 e. The summed E-state index contributed by atoms with van der Waals surface area (Å²) in [5.74, 6) is 1.34. The number of aromatic nitrogens is 2. The lowest BCUT2D eigenvalue weighted by Gasteiger charge is -2.07. The summed E-state index contributed by atoms with van der Waals surface area (Å²) in [5.41, 5.74) is 2.74. The standard InChI is InChI=1S/C33H56N2/c1-3-5-7-8-9-10-11-12-13-14-15-16-17-18-22-28-33-34-32(30-35(33)29-6-4-2)27-23-26-31-24-20-19-21-25-31/h19-21,24-25,30H,3-18,22-23,26-29H2,1-2H3. The summed E-state index contributed by atoms with van der Waals surface area (Å²) < 4.78 is 2.46. The van der Waals surface area contributed by atoms with Crippen molar-refractivity contribution in [1.82, 2.24) is 9.55 Å². The number of rotatable bonds is 23.